The van der Waals surface area contributed by atoms with Gasteiger partial charge in [0.15, 0.2) is 5.65 Å². The highest BCUT2D eigenvalue weighted by Crippen LogP contribution is 2.31. The van der Waals surface area contributed by atoms with E-state index in [9.17, 15) is 9.59 Å². The van der Waals surface area contributed by atoms with E-state index >= 15 is 0 Å². The number of aromatic amines is 3. The number of aryl methyl sites for hydroxylation is 2. The largest absolute Gasteiger partial charge is 0.332 e. The SMILES string of the molecule is Cc1ccc2cc(-c3nc4[nH]c(=O)[nH]c(=O)c4[nH]3)c(C)c(C)c2c1. The van der Waals surface area contributed by atoms with Crippen molar-refractivity contribution in [2.45, 2.75) is 20.8 Å². The van der Waals surface area contributed by atoms with Crippen LogP contribution in [0.15, 0.2) is 33.9 Å². The van der Waals surface area contributed by atoms with Crippen LogP contribution in [0, 0.1) is 20.8 Å². The summed E-state index contributed by atoms with van der Waals surface area (Å²) in [5.74, 6) is 0.570. The number of imidazole rings is 1. The van der Waals surface area contributed by atoms with Crippen LogP contribution in [0.3, 0.4) is 0 Å². The molecular formula is C18H16N4O2. The summed E-state index contributed by atoms with van der Waals surface area (Å²) in [4.78, 5) is 35.5. The molecule has 2 heterocycles. The number of H-pyrrole nitrogens is 3. The molecule has 2 aromatic carbocycles. The standard InChI is InChI=1S/C18H16N4O2/c1-8-4-5-11-7-13(10(3)9(2)12(11)6-8)15-19-14-16(20-15)21-18(24)22-17(14)23/h4-7H,1-3H3,(H3,19,20,21,22,23,24). The van der Waals surface area contributed by atoms with Gasteiger partial charge in [0.05, 0.1) is 0 Å². The third-order valence-corrected chi connectivity index (χ3v) is 4.52. The first kappa shape index (κ1) is 14.4. The van der Waals surface area contributed by atoms with E-state index in [1.165, 1.54) is 16.5 Å². The summed E-state index contributed by atoms with van der Waals surface area (Å²) >= 11 is 0. The maximum Gasteiger partial charge on any atom is 0.327 e. The monoisotopic (exact) mass is 320 g/mol. The molecule has 3 N–H and O–H groups in total. The highest BCUT2D eigenvalue weighted by atomic mass is 16.2. The van der Waals surface area contributed by atoms with Gasteiger partial charge >= 0.3 is 5.69 Å². The molecular weight excluding hydrogens is 304 g/mol. The lowest BCUT2D eigenvalue weighted by molar-refractivity contribution is 1.07. The zero-order valence-corrected chi connectivity index (χ0v) is 13.6. The van der Waals surface area contributed by atoms with Gasteiger partial charge in [-0.2, -0.15) is 0 Å². The minimum atomic E-state index is -0.563. The van der Waals surface area contributed by atoms with E-state index in [0.717, 1.165) is 16.5 Å². The Morgan fingerprint density at radius 2 is 1.71 bits per heavy atom. The second kappa shape index (κ2) is 4.92. The van der Waals surface area contributed by atoms with E-state index in [0.29, 0.717) is 5.82 Å². The van der Waals surface area contributed by atoms with Crippen molar-refractivity contribution in [3.63, 3.8) is 0 Å². The normalized spacial score (nSPS) is 11.5. The van der Waals surface area contributed by atoms with Crippen molar-refractivity contribution in [3.8, 4) is 11.4 Å². The van der Waals surface area contributed by atoms with Crippen LogP contribution in [0.5, 0.6) is 0 Å². The number of fused-ring (bicyclic) bond motifs is 2. The van der Waals surface area contributed by atoms with Crippen molar-refractivity contribution in [2.24, 2.45) is 0 Å². The van der Waals surface area contributed by atoms with Crippen molar-refractivity contribution >= 4 is 21.9 Å². The molecule has 0 saturated heterocycles. The Hall–Kier alpha value is -3.15. The van der Waals surface area contributed by atoms with E-state index < -0.39 is 11.2 Å². The number of nitrogens with one attached hydrogen (secondary N) is 3. The van der Waals surface area contributed by atoms with Crippen LogP contribution in [-0.4, -0.2) is 19.9 Å². The van der Waals surface area contributed by atoms with Gasteiger partial charge in [0, 0.05) is 5.56 Å². The molecule has 2 aromatic heterocycles. The average molecular weight is 320 g/mol. The Morgan fingerprint density at radius 3 is 2.50 bits per heavy atom. The summed E-state index contributed by atoms with van der Waals surface area (Å²) in [6, 6.07) is 8.38. The summed E-state index contributed by atoms with van der Waals surface area (Å²) in [6.45, 7) is 6.19. The maximum absolute atomic E-state index is 11.9. The summed E-state index contributed by atoms with van der Waals surface area (Å²) in [6.07, 6.45) is 0. The van der Waals surface area contributed by atoms with Gasteiger partial charge in [-0.1, -0.05) is 23.8 Å². The molecule has 0 saturated carbocycles. The number of hydrogen-bond donors (Lipinski definition) is 3. The van der Waals surface area contributed by atoms with E-state index in [1.54, 1.807) is 0 Å². The third kappa shape index (κ3) is 2.07. The predicted octanol–water partition coefficient (Wildman–Crippen LogP) is 2.68. The number of nitrogens with zero attached hydrogens (tertiary/aromatic N) is 1. The lowest BCUT2D eigenvalue weighted by Crippen LogP contribution is -2.21. The van der Waals surface area contributed by atoms with Gasteiger partial charge in [0.25, 0.3) is 5.56 Å². The highest BCUT2D eigenvalue weighted by molar-refractivity contribution is 5.92. The Morgan fingerprint density at radius 1 is 0.917 bits per heavy atom. The molecule has 0 fully saturated rings. The van der Waals surface area contributed by atoms with E-state index in [2.05, 4.69) is 58.0 Å². The molecule has 4 rings (SSSR count). The fourth-order valence-electron chi connectivity index (χ4n) is 3.09. The second-order valence-corrected chi connectivity index (χ2v) is 6.12. The summed E-state index contributed by atoms with van der Waals surface area (Å²) < 4.78 is 0. The molecule has 6 nitrogen and oxygen atoms in total. The maximum atomic E-state index is 11.9. The molecule has 0 unspecified atom stereocenters. The number of rotatable bonds is 1. The molecule has 0 amide bonds. The van der Waals surface area contributed by atoms with E-state index in [1.807, 2.05) is 6.92 Å². The van der Waals surface area contributed by atoms with Gasteiger partial charge in [0.2, 0.25) is 0 Å². The second-order valence-electron chi connectivity index (χ2n) is 6.12. The van der Waals surface area contributed by atoms with Crippen LogP contribution in [0.2, 0.25) is 0 Å². The molecule has 120 valence electrons. The Kier molecular flexibility index (Phi) is 2.96. The zero-order valence-electron chi connectivity index (χ0n) is 13.6. The van der Waals surface area contributed by atoms with Crippen LogP contribution in [0.4, 0.5) is 0 Å². The van der Waals surface area contributed by atoms with Gasteiger partial charge in [-0.25, -0.2) is 9.78 Å². The number of hydrogen-bond acceptors (Lipinski definition) is 3. The molecule has 0 aliphatic rings. The van der Waals surface area contributed by atoms with E-state index in [4.69, 9.17) is 0 Å². The molecule has 24 heavy (non-hydrogen) atoms. The minimum Gasteiger partial charge on any atom is -0.332 e. The quantitative estimate of drug-likeness (QED) is 0.503. The predicted molar refractivity (Wildman–Crippen MR) is 94.5 cm³/mol. The van der Waals surface area contributed by atoms with Crippen LogP contribution in [-0.2, 0) is 0 Å². The zero-order chi connectivity index (χ0) is 17.0. The lowest BCUT2D eigenvalue weighted by atomic mass is 9.94. The summed E-state index contributed by atoms with van der Waals surface area (Å²) in [5.41, 5.74) is 3.89. The molecule has 0 spiro atoms. The summed E-state index contributed by atoms with van der Waals surface area (Å²) in [5, 5.41) is 2.32. The molecule has 0 radical (unpaired) electrons. The van der Waals surface area contributed by atoms with Crippen LogP contribution in [0.1, 0.15) is 16.7 Å². The third-order valence-electron chi connectivity index (χ3n) is 4.52. The molecule has 6 heteroatoms. The topological polar surface area (TPSA) is 94.4 Å². The molecule has 0 aliphatic carbocycles. The van der Waals surface area contributed by atoms with Crippen molar-refractivity contribution < 1.29 is 0 Å². The van der Waals surface area contributed by atoms with Gasteiger partial charge in [-0.15, -0.1) is 0 Å². The van der Waals surface area contributed by atoms with Crippen LogP contribution >= 0.6 is 0 Å². The van der Waals surface area contributed by atoms with Crippen molar-refractivity contribution in [3.05, 3.63) is 61.8 Å². The smallest absolute Gasteiger partial charge is 0.327 e. The molecule has 4 aromatic rings. The summed E-state index contributed by atoms with van der Waals surface area (Å²) in [7, 11) is 0. The van der Waals surface area contributed by atoms with Crippen molar-refractivity contribution in [1.82, 2.24) is 19.9 Å². The number of benzene rings is 2. The molecule has 0 atom stereocenters. The Balaban J connectivity index is 2.05. The highest BCUT2D eigenvalue weighted by Gasteiger charge is 2.14. The fourth-order valence-corrected chi connectivity index (χ4v) is 3.09. The average Bonchev–Trinajstić information content (AvgIpc) is 2.95. The van der Waals surface area contributed by atoms with Crippen LogP contribution < -0.4 is 11.2 Å². The van der Waals surface area contributed by atoms with E-state index in [-0.39, 0.29) is 11.2 Å². The molecule has 0 bridgehead atoms. The minimum absolute atomic E-state index is 0.264. The Labute approximate surface area is 136 Å². The first-order valence-corrected chi connectivity index (χ1v) is 7.67. The molecule has 0 aliphatic heterocycles. The lowest BCUT2D eigenvalue weighted by Gasteiger charge is -2.11. The van der Waals surface area contributed by atoms with Crippen molar-refractivity contribution in [2.75, 3.05) is 0 Å². The number of aromatic nitrogens is 4. The fraction of sp³-hybridized carbons (Fsp3) is 0.167. The van der Waals surface area contributed by atoms with Gasteiger partial charge in [0.1, 0.15) is 11.3 Å². The van der Waals surface area contributed by atoms with Crippen LogP contribution in [0.25, 0.3) is 33.3 Å². The van der Waals surface area contributed by atoms with Crippen molar-refractivity contribution in [1.29, 1.82) is 0 Å². The first-order chi connectivity index (χ1) is 11.4. The van der Waals surface area contributed by atoms with Gasteiger partial charge in [-0.05, 0) is 48.7 Å². The Bertz CT molecular complexity index is 1230. The van der Waals surface area contributed by atoms with Gasteiger partial charge < -0.3 is 4.98 Å². The van der Waals surface area contributed by atoms with Gasteiger partial charge in [-0.3, -0.25) is 14.8 Å². The first-order valence-electron chi connectivity index (χ1n) is 7.67.